The van der Waals surface area contributed by atoms with Crippen LogP contribution in [0.1, 0.15) is 28.8 Å². The van der Waals surface area contributed by atoms with Gasteiger partial charge < -0.3 is 0 Å². The number of nitrogens with zero attached hydrogens (tertiary/aromatic N) is 2. The third-order valence-electron chi connectivity index (χ3n) is 5.97. The molecular formula is C26H23N3O3S. The molecule has 1 fully saturated rings. The summed E-state index contributed by atoms with van der Waals surface area (Å²) >= 11 is 0. The summed E-state index contributed by atoms with van der Waals surface area (Å²) in [5, 5.41) is 8.45. The van der Waals surface area contributed by atoms with E-state index in [4.69, 9.17) is 0 Å². The lowest BCUT2D eigenvalue weighted by atomic mass is 9.97. The van der Waals surface area contributed by atoms with Gasteiger partial charge in [0.25, 0.3) is 5.91 Å². The second kappa shape index (κ2) is 8.77. The van der Waals surface area contributed by atoms with E-state index < -0.39 is 15.9 Å². The van der Waals surface area contributed by atoms with E-state index in [0.29, 0.717) is 13.1 Å². The van der Waals surface area contributed by atoms with E-state index in [1.54, 1.807) is 18.3 Å². The van der Waals surface area contributed by atoms with Gasteiger partial charge in [-0.15, -0.1) is 0 Å². The first-order valence-electron chi connectivity index (χ1n) is 10.9. The van der Waals surface area contributed by atoms with Crippen molar-refractivity contribution < 1.29 is 13.2 Å². The molecule has 6 nitrogen and oxygen atoms in total. The molecule has 0 atom stereocenters. The third kappa shape index (κ3) is 4.13. The molecule has 5 rings (SSSR count). The molecule has 0 aliphatic carbocycles. The molecule has 166 valence electrons. The molecule has 1 aliphatic heterocycles. The van der Waals surface area contributed by atoms with Gasteiger partial charge in [0.15, 0.2) is 0 Å². The lowest BCUT2D eigenvalue weighted by Crippen LogP contribution is -2.28. The number of carbonyl (C=O) groups is 1. The first-order valence-corrected chi connectivity index (χ1v) is 12.3. The topological polar surface area (TPSA) is 78.8 Å². The largest absolute Gasteiger partial charge is 0.271 e. The van der Waals surface area contributed by atoms with E-state index >= 15 is 0 Å². The van der Waals surface area contributed by atoms with E-state index in [2.05, 4.69) is 16.6 Å². The fourth-order valence-corrected chi connectivity index (χ4v) is 5.85. The minimum atomic E-state index is -3.59. The zero-order valence-electron chi connectivity index (χ0n) is 17.9. The molecule has 0 spiro atoms. The summed E-state index contributed by atoms with van der Waals surface area (Å²) in [4.78, 5) is 12.9. The summed E-state index contributed by atoms with van der Waals surface area (Å²) < 4.78 is 27.1. The smallest absolute Gasteiger partial charge is 0.267 e. The number of hydrazone groups is 1. The van der Waals surface area contributed by atoms with Crippen molar-refractivity contribution >= 4 is 43.7 Å². The van der Waals surface area contributed by atoms with Crippen LogP contribution in [0.25, 0.3) is 21.5 Å². The minimum Gasteiger partial charge on any atom is -0.267 e. The summed E-state index contributed by atoms with van der Waals surface area (Å²) in [6, 6.07) is 24.3. The Hall–Kier alpha value is -3.55. The molecule has 4 aromatic carbocycles. The maximum absolute atomic E-state index is 12.8. The molecule has 7 heteroatoms. The van der Waals surface area contributed by atoms with Crippen LogP contribution in [0.15, 0.2) is 88.9 Å². The van der Waals surface area contributed by atoms with Crippen LogP contribution < -0.4 is 5.43 Å². The Morgan fingerprint density at radius 1 is 0.848 bits per heavy atom. The summed E-state index contributed by atoms with van der Waals surface area (Å²) in [6.07, 6.45) is 3.36. The Bertz CT molecular complexity index is 1440. The molecule has 1 amide bonds. The Kier molecular flexibility index (Phi) is 5.66. The molecule has 4 aromatic rings. The lowest BCUT2D eigenvalue weighted by molar-refractivity contribution is 0.0955. The average molecular weight is 458 g/mol. The first kappa shape index (κ1) is 21.3. The van der Waals surface area contributed by atoms with Gasteiger partial charge >= 0.3 is 0 Å². The van der Waals surface area contributed by atoms with Crippen molar-refractivity contribution in [1.82, 2.24) is 9.73 Å². The van der Waals surface area contributed by atoms with Crippen LogP contribution in [0.5, 0.6) is 0 Å². The molecule has 33 heavy (non-hydrogen) atoms. The normalized spacial score (nSPS) is 14.9. The summed E-state index contributed by atoms with van der Waals surface area (Å²) in [6.45, 7) is 1.03. The van der Waals surface area contributed by atoms with Gasteiger partial charge in [-0.3, -0.25) is 4.79 Å². The average Bonchev–Trinajstić information content (AvgIpc) is 3.40. The summed E-state index contributed by atoms with van der Waals surface area (Å²) in [5.41, 5.74) is 3.70. The van der Waals surface area contributed by atoms with E-state index in [1.165, 1.54) is 16.4 Å². The highest BCUT2D eigenvalue weighted by molar-refractivity contribution is 7.89. The second-order valence-electron chi connectivity index (χ2n) is 8.07. The number of amides is 1. The van der Waals surface area contributed by atoms with Crippen LogP contribution in [-0.2, 0) is 10.0 Å². The van der Waals surface area contributed by atoms with Crippen LogP contribution in [0.4, 0.5) is 0 Å². The Morgan fingerprint density at radius 2 is 1.48 bits per heavy atom. The first-order chi connectivity index (χ1) is 16.0. The molecule has 0 aromatic heterocycles. The van der Waals surface area contributed by atoms with Crippen LogP contribution in [0, 0.1) is 0 Å². The molecule has 0 radical (unpaired) electrons. The number of hydrogen-bond acceptors (Lipinski definition) is 4. The van der Waals surface area contributed by atoms with Crippen LogP contribution >= 0.6 is 0 Å². The Balaban J connectivity index is 1.42. The van der Waals surface area contributed by atoms with Gasteiger partial charge in [-0.2, -0.15) is 9.41 Å². The fourth-order valence-electron chi connectivity index (χ4n) is 4.28. The molecule has 1 heterocycles. The standard InChI is InChI=1S/C26H23N3O3S/c30-26(21-10-7-11-22(17-21)33(31,32)29-14-5-6-15-29)28-27-18-25-23-12-3-1-8-19(23)16-20-9-2-4-13-24(20)25/h1-4,7-13,16-18H,5-6,14-15H2,(H,28,30). The highest BCUT2D eigenvalue weighted by atomic mass is 32.2. The molecule has 1 N–H and O–H groups in total. The fraction of sp³-hybridized carbons (Fsp3) is 0.154. The zero-order chi connectivity index (χ0) is 22.8. The maximum Gasteiger partial charge on any atom is 0.271 e. The molecule has 1 aliphatic rings. The Morgan fingerprint density at radius 3 is 2.15 bits per heavy atom. The van der Waals surface area contributed by atoms with E-state index in [-0.39, 0.29) is 10.5 Å². The van der Waals surface area contributed by atoms with Gasteiger partial charge in [0.05, 0.1) is 11.1 Å². The number of hydrogen-bond donors (Lipinski definition) is 1. The van der Waals surface area contributed by atoms with Crippen molar-refractivity contribution in [1.29, 1.82) is 0 Å². The predicted molar refractivity (Wildman–Crippen MR) is 131 cm³/mol. The van der Waals surface area contributed by atoms with Crippen molar-refractivity contribution in [2.75, 3.05) is 13.1 Å². The van der Waals surface area contributed by atoms with Crippen LogP contribution in [0.3, 0.4) is 0 Å². The zero-order valence-corrected chi connectivity index (χ0v) is 18.8. The van der Waals surface area contributed by atoms with E-state index in [0.717, 1.165) is 39.9 Å². The number of benzene rings is 4. The van der Waals surface area contributed by atoms with Gasteiger partial charge in [0.1, 0.15) is 0 Å². The molecule has 1 saturated heterocycles. The minimum absolute atomic E-state index is 0.126. The number of carbonyl (C=O) groups excluding carboxylic acids is 1. The second-order valence-corrected chi connectivity index (χ2v) is 10.0. The summed E-state index contributed by atoms with van der Waals surface area (Å²) in [7, 11) is -3.59. The van der Waals surface area contributed by atoms with Gasteiger partial charge in [-0.1, -0.05) is 54.6 Å². The van der Waals surface area contributed by atoms with Crippen molar-refractivity contribution in [3.63, 3.8) is 0 Å². The number of sulfonamides is 1. The highest BCUT2D eigenvalue weighted by Gasteiger charge is 2.27. The van der Waals surface area contributed by atoms with Crippen molar-refractivity contribution in [2.45, 2.75) is 17.7 Å². The van der Waals surface area contributed by atoms with E-state index in [9.17, 15) is 13.2 Å². The molecular weight excluding hydrogens is 434 g/mol. The quantitative estimate of drug-likeness (QED) is 0.271. The van der Waals surface area contributed by atoms with Crippen molar-refractivity contribution in [3.8, 4) is 0 Å². The number of nitrogens with one attached hydrogen (secondary N) is 1. The van der Waals surface area contributed by atoms with Gasteiger partial charge in [-0.05, 0) is 58.7 Å². The Labute approximate surface area is 192 Å². The van der Waals surface area contributed by atoms with Gasteiger partial charge in [0.2, 0.25) is 10.0 Å². The van der Waals surface area contributed by atoms with Crippen molar-refractivity contribution in [3.05, 3.63) is 90.0 Å². The van der Waals surface area contributed by atoms with Gasteiger partial charge in [-0.25, -0.2) is 13.8 Å². The molecule has 0 unspecified atom stereocenters. The van der Waals surface area contributed by atoms with Crippen molar-refractivity contribution in [2.24, 2.45) is 5.10 Å². The lowest BCUT2D eigenvalue weighted by Gasteiger charge is -2.15. The predicted octanol–water partition coefficient (Wildman–Crippen LogP) is 4.54. The number of fused-ring (bicyclic) bond motifs is 2. The van der Waals surface area contributed by atoms with E-state index in [1.807, 2.05) is 48.5 Å². The SMILES string of the molecule is O=C(NN=Cc1c2ccccc2cc2ccccc12)c1cccc(S(=O)(=O)N2CCCC2)c1. The monoisotopic (exact) mass is 457 g/mol. The van der Waals surface area contributed by atoms with Gasteiger partial charge in [0, 0.05) is 24.2 Å². The maximum atomic E-state index is 12.8. The number of rotatable bonds is 5. The highest BCUT2D eigenvalue weighted by Crippen LogP contribution is 2.27. The van der Waals surface area contributed by atoms with Crippen LogP contribution in [-0.4, -0.2) is 37.9 Å². The summed E-state index contributed by atoms with van der Waals surface area (Å²) in [5.74, 6) is -0.464. The van der Waals surface area contributed by atoms with Crippen LogP contribution in [0.2, 0.25) is 0 Å². The molecule has 0 saturated carbocycles. The molecule has 0 bridgehead atoms. The third-order valence-corrected chi connectivity index (χ3v) is 7.87.